The van der Waals surface area contributed by atoms with Crippen molar-refractivity contribution in [2.75, 3.05) is 0 Å². The van der Waals surface area contributed by atoms with Gasteiger partial charge in [0.25, 0.3) is 0 Å². The summed E-state index contributed by atoms with van der Waals surface area (Å²) in [5.74, 6) is -0.456. The Balaban J connectivity index is 2.19. The fraction of sp³-hybridized carbons (Fsp3) is 0.833. The average Bonchev–Trinajstić information content (AvgIpc) is 2.55. The summed E-state index contributed by atoms with van der Waals surface area (Å²) in [6, 6.07) is 0. The van der Waals surface area contributed by atoms with Crippen LogP contribution >= 0.6 is 0 Å². The summed E-state index contributed by atoms with van der Waals surface area (Å²) in [5, 5.41) is 26.9. The minimum Gasteiger partial charge on any atom is -0.459 e. The summed E-state index contributed by atoms with van der Waals surface area (Å²) in [6.45, 7) is 14.5. The molecule has 2 aliphatic heterocycles. The Morgan fingerprint density at radius 2 is 1.42 bits per heavy atom. The number of hydrogen-bond donors (Lipinski definition) is 0. The molecule has 2 rings (SSSR count). The second kappa shape index (κ2) is 5.53. The third-order valence-electron chi connectivity index (χ3n) is 5.24. The molecule has 6 nitrogen and oxygen atoms in total. The van der Waals surface area contributed by atoms with E-state index in [1.54, 1.807) is 33.8 Å². The summed E-state index contributed by atoms with van der Waals surface area (Å²) < 4.78 is 5.73. The number of carbonyl (C=O) groups excluding carboxylic acids is 1. The maximum Gasteiger partial charge on any atom is 0.336 e. The van der Waals surface area contributed by atoms with E-state index < -0.39 is 28.1 Å². The number of nitrogens with zero attached hydrogens (tertiary/aromatic N) is 2. The van der Waals surface area contributed by atoms with Gasteiger partial charge in [0.15, 0.2) is 0 Å². The first kappa shape index (κ1) is 19.4. The first-order chi connectivity index (χ1) is 10.6. The largest absolute Gasteiger partial charge is 0.459 e. The minimum atomic E-state index is -0.926. The van der Waals surface area contributed by atoms with Crippen molar-refractivity contribution >= 4 is 5.97 Å². The van der Waals surface area contributed by atoms with Gasteiger partial charge >= 0.3 is 5.97 Å². The fourth-order valence-corrected chi connectivity index (χ4v) is 4.20. The van der Waals surface area contributed by atoms with Crippen LogP contribution in [-0.2, 0) is 19.9 Å². The number of hydroxylamine groups is 4. The summed E-state index contributed by atoms with van der Waals surface area (Å²) in [4.78, 5) is 12.7. The van der Waals surface area contributed by atoms with Crippen molar-refractivity contribution in [3.63, 3.8) is 0 Å². The molecule has 0 saturated carbocycles. The number of carbonyl (C=O) groups is 1. The first-order valence-corrected chi connectivity index (χ1v) is 8.50. The molecule has 0 atom stereocenters. The Morgan fingerprint density at radius 1 is 0.958 bits per heavy atom. The second-order valence-electron chi connectivity index (χ2n) is 9.42. The zero-order valence-corrected chi connectivity index (χ0v) is 16.1. The topological polar surface area (TPSA) is 72.6 Å². The fourth-order valence-electron chi connectivity index (χ4n) is 4.20. The van der Waals surface area contributed by atoms with E-state index in [1.165, 1.54) is 0 Å². The normalized spacial score (nSPS) is 29.3. The standard InChI is InChI=1S/C18H30N2O4/c1-15(2)9-12(10-16(3,4)19(15)22)24-14(21)13-11-17(5,6)20(23)18(13,7)8/h11-12H,9-10H2,1-8H3. The van der Waals surface area contributed by atoms with Gasteiger partial charge in [-0.15, -0.1) is 20.5 Å². The van der Waals surface area contributed by atoms with Gasteiger partial charge in [-0.25, -0.2) is 4.79 Å². The molecule has 136 valence electrons. The maximum atomic E-state index is 12.7. The van der Waals surface area contributed by atoms with Crippen molar-refractivity contribution in [2.45, 2.75) is 96.5 Å². The van der Waals surface area contributed by atoms with Gasteiger partial charge in [-0.3, -0.25) is 0 Å². The molecule has 1 fully saturated rings. The monoisotopic (exact) mass is 338 g/mol. The van der Waals surface area contributed by atoms with Crippen LogP contribution in [-0.4, -0.2) is 44.4 Å². The van der Waals surface area contributed by atoms with E-state index in [4.69, 9.17) is 4.74 Å². The molecule has 0 aromatic carbocycles. The van der Waals surface area contributed by atoms with Crippen LogP contribution in [0, 0.1) is 0 Å². The highest BCUT2D eigenvalue weighted by atomic mass is 16.6. The summed E-state index contributed by atoms with van der Waals surface area (Å²) in [5.41, 5.74) is -2.48. The number of ether oxygens (including phenoxy) is 1. The maximum absolute atomic E-state index is 12.7. The minimum absolute atomic E-state index is 0.340. The predicted molar refractivity (Wildman–Crippen MR) is 88.6 cm³/mol. The van der Waals surface area contributed by atoms with Gasteiger partial charge in [0.2, 0.25) is 0 Å². The van der Waals surface area contributed by atoms with Crippen LogP contribution in [0.1, 0.15) is 68.2 Å². The van der Waals surface area contributed by atoms with Crippen LogP contribution in [0.4, 0.5) is 0 Å². The third-order valence-corrected chi connectivity index (χ3v) is 5.24. The Hall–Kier alpha value is -0.950. The van der Waals surface area contributed by atoms with Gasteiger partial charge in [-0.05, 0) is 61.5 Å². The molecule has 6 heteroatoms. The molecular weight excluding hydrogens is 308 g/mol. The Labute approximate surface area is 145 Å². The van der Waals surface area contributed by atoms with Gasteiger partial charge in [-0.2, -0.15) is 0 Å². The highest BCUT2D eigenvalue weighted by molar-refractivity contribution is 5.92. The molecule has 0 aliphatic carbocycles. The number of piperidine rings is 1. The molecule has 0 aromatic heterocycles. The van der Waals surface area contributed by atoms with Crippen LogP contribution in [0.2, 0.25) is 0 Å². The molecule has 0 unspecified atom stereocenters. The average molecular weight is 338 g/mol. The molecule has 0 bridgehead atoms. The number of hydrogen-bond acceptors (Lipinski definition) is 4. The highest BCUT2D eigenvalue weighted by Crippen LogP contribution is 2.41. The zero-order valence-electron chi connectivity index (χ0n) is 16.1. The lowest BCUT2D eigenvalue weighted by atomic mass is 9.80. The van der Waals surface area contributed by atoms with Gasteiger partial charge in [0, 0.05) is 23.9 Å². The lowest BCUT2D eigenvalue weighted by Crippen LogP contribution is -2.60. The van der Waals surface area contributed by atoms with Gasteiger partial charge in [-0.1, -0.05) is 0 Å². The molecule has 24 heavy (non-hydrogen) atoms. The Kier molecular flexibility index (Phi) is 4.46. The molecule has 0 N–H and O–H groups in total. The lowest BCUT2D eigenvalue weighted by Gasteiger charge is -2.49. The molecular formula is C18H30N2O4. The van der Waals surface area contributed by atoms with Crippen LogP contribution in [0.25, 0.3) is 0 Å². The summed E-state index contributed by atoms with van der Waals surface area (Å²) in [6.07, 6.45) is 2.31. The molecule has 1 saturated heterocycles. The first-order valence-electron chi connectivity index (χ1n) is 8.50. The predicted octanol–water partition coefficient (Wildman–Crippen LogP) is 3.04. The van der Waals surface area contributed by atoms with E-state index in [-0.39, 0.29) is 6.10 Å². The van der Waals surface area contributed by atoms with E-state index in [9.17, 15) is 15.2 Å². The zero-order chi connectivity index (χ0) is 18.7. The van der Waals surface area contributed by atoms with Crippen LogP contribution < -0.4 is 0 Å². The van der Waals surface area contributed by atoms with Crippen molar-refractivity contribution < 1.29 is 19.9 Å². The van der Waals surface area contributed by atoms with Crippen LogP contribution in [0.15, 0.2) is 11.6 Å². The van der Waals surface area contributed by atoms with Gasteiger partial charge < -0.3 is 4.74 Å². The number of rotatable bonds is 2. The van der Waals surface area contributed by atoms with E-state index >= 15 is 0 Å². The van der Waals surface area contributed by atoms with Crippen LogP contribution in [0.5, 0.6) is 0 Å². The molecule has 0 aromatic rings. The molecule has 2 aliphatic rings. The van der Waals surface area contributed by atoms with Gasteiger partial charge in [0.05, 0.1) is 16.7 Å². The van der Waals surface area contributed by atoms with E-state index in [0.29, 0.717) is 18.4 Å². The van der Waals surface area contributed by atoms with E-state index in [0.717, 1.165) is 10.1 Å². The van der Waals surface area contributed by atoms with Gasteiger partial charge in [0.1, 0.15) is 6.10 Å². The Bertz CT molecular complexity index is 545. The van der Waals surface area contributed by atoms with Crippen molar-refractivity contribution in [3.05, 3.63) is 11.6 Å². The van der Waals surface area contributed by atoms with Crippen molar-refractivity contribution in [3.8, 4) is 0 Å². The summed E-state index contributed by atoms with van der Waals surface area (Å²) >= 11 is 0. The quantitative estimate of drug-likeness (QED) is 0.726. The number of esters is 1. The van der Waals surface area contributed by atoms with E-state index in [2.05, 4.69) is 0 Å². The Morgan fingerprint density at radius 3 is 1.79 bits per heavy atom. The lowest BCUT2D eigenvalue weighted by molar-refractivity contribution is -0.299. The van der Waals surface area contributed by atoms with Crippen LogP contribution in [0.3, 0.4) is 0 Å². The molecule has 2 heterocycles. The molecule has 2 radical (unpaired) electrons. The van der Waals surface area contributed by atoms with Crippen molar-refractivity contribution in [2.24, 2.45) is 0 Å². The third kappa shape index (κ3) is 3.12. The molecule has 0 amide bonds. The van der Waals surface area contributed by atoms with Crippen molar-refractivity contribution in [1.29, 1.82) is 0 Å². The highest BCUT2D eigenvalue weighted by Gasteiger charge is 2.51. The summed E-state index contributed by atoms with van der Waals surface area (Å²) in [7, 11) is 0. The van der Waals surface area contributed by atoms with Crippen molar-refractivity contribution in [1.82, 2.24) is 10.1 Å². The molecule has 0 spiro atoms. The second-order valence-corrected chi connectivity index (χ2v) is 9.42. The smallest absolute Gasteiger partial charge is 0.336 e. The SMILES string of the molecule is CC1(C)C=C(C(=O)OC2CC(C)(C)N([O])C(C)(C)C2)C(C)(C)N1[O]. The van der Waals surface area contributed by atoms with E-state index in [1.807, 2.05) is 27.7 Å².